The van der Waals surface area contributed by atoms with Gasteiger partial charge in [0.15, 0.2) is 0 Å². The van der Waals surface area contributed by atoms with Crippen molar-refractivity contribution in [2.45, 2.75) is 33.4 Å². The first kappa shape index (κ1) is 23.2. The lowest BCUT2D eigenvalue weighted by molar-refractivity contribution is 0.0526. The van der Waals surface area contributed by atoms with Crippen LogP contribution in [-0.2, 0) is 24.2 Å². The van der Waals surface area contributed by atoms with Crippen LogP contribution in [0.25, 0.3) is 10.9 Å². The largest absolute Gasteiger partial charge is 0.462 e. The van der Waals surface area contributed by atoms with Gasteiger partial charge in [-0.2, -0.15) is 0 Å². The molecule has 2 aromatic carbocycles. The van der Waals surface area contributed by atoms with Gasteiger partial charge in [-0.25, -0.2) is 4.79 Å². The summed E-state index contributed by atoms with van der Waals surface area (Å²) in [4.78, 5) is 34.1. The van der Waals surface area contributed by atoms with E-state index in [0.29, 0.717) is 16.1 Å². The molecule has 2 aromatic heterocycles. The molecule has 1 aliphatic heterocycles. The number of amides is 1. The number of rotatable bonds is 6. The summed E-state index contributed by atoms with van der Waals surface area (Å²) in [6.07, 6.45) is 0.738. The topological polar surface area (TPSA) is 71.5 Å². The molecule has 0 bridgehead atoms. The van der Waals surface area contributed by atoms with E-state index in [4.69, 9.17) is 4.74 Å². The van der Waals surface area contributed by atoms with Gasteiger partial charge in [-0.1, -0.05) is 42.5 Å². The zero-order valence-corrected chi connectivity index (χ0v) is 20.7. The van der Waals surface area contributed by atoms with E-state index in [1.165, 1.54) is 16.9 Å². The summed E-state index contributed by atoms with van der Waals surface area (Å²) < 4.78 is 5.37. The number of carbonyl (C=O) groups is 2. The van der Waals surface area contributed by atoms with Crippen molar-refractivity contribution in [2.75, 3.05) is 18.5 Å². The summed E-state index contributed by atoms with van der Waals surface area (Å²) in [5.74, 6) is -0.645. The van der Waals surface area contributed by atoms with Gasteiger partial charge in [0, 0.05) is 41.2 Å². The molecule has 0 aliphatic carbocycles. The maximum atomic E-state index is 13.2. The van der Waals surface area contributed by atoms with Crippen LogP contribution in [0.15, 0.2) is 60.7 Å². The van der Waals surface area contributed by atoms with Gasteiger partial charge >= 0.3 is 5.97 Å². The number of hydrogen-bond donors (Lipinski definition) is 1. The number of aromatic nitrogens is 1. The van der Waals surface area contributed by atoms with Crippen molar-refractivity contribution < 1.29 is 14.3 Å². The van der Waals surface area contributed by atoms with E-state index in [1.807, 2.05) is 43.3 Å². The quantitative estimate of drug-likeness (QED) is 0.361. The summed E-state index contributed by atoms with van der Waals surface area (Å²) in [5, 5.41) is 4.53. The van der Waals surface area contributed by atoms with Gasteiger partial charge in [0.05, 0.1) is 17.7 Å². The van der Waals surface area contributed by atoms with Crippen LogP contribution < -0.4 is 5.32 Å². The molecule has 7 heteroatoms. The van der Waals surface area contributed by atoms with Crippen molar-refractivity contribution in [3.8, 4) is 0 Å². The molecular formula is C28H27N3O3S. The van der Waals surface area contributed by atoms with Crippen LogP contribution >= 0.6 is 11.3 Å². The Morgan fingerprint density at radius 2 is 1.91 bits per heavy atom. The second-order valence-corrected chi connectivity index (χ2v) is 9.79. The molecule has 0 saturated heterocycles. The van der Waals surface area contributed by atoms with E-state index in [9.17, 15) is 9.59 Å². The third kappa shape index (κ3) is 4.97. The lowest BCUT2D eigenvalue weighted by Crippen LogP contribution is -2.29. The Labute approximate surface area is 208 Å². The van der Waals surface area contributed by atoms with E-state index >= 15 is 0 Å². The molecule has 1 aliphatic rings. The highest BCUT2D eigenvalue weighted by atomic mass is 32.1. The third-order valence-electron chi connectivity index (χ3n) is 6.19. The number of carbonyl (C=O) groups excluding carboxylic acids is 2. The molecule has 178 valence electrons. The number of nitrogens with zero attached hydrogens (tertiary/aromatic N) is 2. The van der Waals surface area contributed by atoms with Crippen molar-refractivity contribution in [1.82, 2.24) is 9.88 Å². The molecule has 0 saturated carbocycles. The molecule has 6 nitrogen and oxygen atoms in total. The highest BCUT2D eigenvalue weighted by Crippen LogP contribution is 2.38. The van der Waals surface area contributed by atoms with Gasteiger partial charge in [-0.05, 0) is 49.6 Å². The Balaban J connectivity index is 1.42. The summed E-state index contributed by atoms with van der Waals surface area (Å²) in [5.41, 5.74) is 4.91. The fourth-order valence-electron chi connectivity index (χ4n) is 4.48. The first-order valence-electron chi connectivity index (χ1n) is 11.8. The summed E-state index contributed by atoms with van der Waals surface area (Å²) in [6.45, 7) is 6.42. The van der Waals surface area contributed by atoms with E-state index in [-0.39, 0.29) is 18.5 Å². The fourth-order valence-corrected chi connectivity index (χ4v) is 5.75. The molecule has 4 aromatic rings. The van der Waals surface area contributed by atoms with Crippen LogP contribution in [0.4, 0.5) is 5.00 Å². The Morgan fingerprint density at radius 1 is 1.11 bits per heavy atom. The van der Waals surface area contributed by atoms with Gasteiger partial charge in [-0.15, -0.1) is 11.3 Å². The SMILES string of the molecule is CCOC(=O)c1c(NC(=O)c2ccc3ccc(C)nc3c2)sc2c1CCN(Cc1ccccc1)C2. The van der Waals surface area contributed by atoms with Crippen LogP contribution in [0.2, 0.25) is 0 Å². The smallest absolute Gasteiger partial charge is 0.341 e. The van der Waals surface area contributed by atoms with E-state index in [0.717, 1.165) is 53.1 Å². The standard InChI is InChI=1S/C28H27N3O3S/c1-3-34-28(33)25-22-13-14-31(16-19-7-5-4-6-8-19)17-24(22)35-27(25)30-26(32)21-12-11-20-10-9-18(2)29-23(20)15-21/h4-12,15H,3,13-14,16-17H2,1-2H3,(H,30,32). The predicted molar refractivity (Wildman–Crippen MR) is 139 cm³/mol. The predicted octanol–water partition coefficient (Wildman–Crippen LogP) is 5.59. The molecule has 0 atom stereocenters. The minimum Gasteiger partial charge on any atom is -0.462 e. The van der Waals surface area contributed by atoms with Crippen LogP contribution in [0.3, 0.4) is 0 Å². The molecule has 35 heavy (non-hydrogen) atoms. The van der Waals surface area contributed by atoms with Gasteiger partial charge in [0.25, 0.3) is 5.91 Å². The molecule has 5 rings (SSSR count). The van der Waals surface area contributed by atoms with Crippen LogP contribution in [0.5, 0.6) is 0 Å². The summed E-state index contributed by atoms with van der Waals surface area (Å²) >= 11 is 1.47. The number of benzene rings is 2. The van der Waals surface area contributed by atoms with E-state index in [2.05, 4.69) is 27.3 Å². The number of fused-ring (bicyclic) bond motifs is 2. The van der Waals surface area contributed by atoms with Crippen molar-refractivity contribution in [2.24, 2.45) is 0 Å². The van der Waals surface area contributed by atoms with Crippen molar-refractivity contribution in [1.29, 1.82) is 0 Å². The number of pyridine rings is 1. The lowest BCUT2D eigenvalue weighted by atomic mass is 10.0. The van der Waals surface area contributed by atoms with Crippen LogP contribution in [0, 0.1) is 6.92 Å². The zero-order chi connectivity index (χ0) is 24.4. The zero-order valence-electron chi connectivity index (χ0n) is 19.8. The van der Waals surface area contributed by atoms with Gasteiger partial charge in [-0.3, -0.25) is 14.7 Å². The highest BCUT2D eigenvalue weighted by Gasteiger charge is 2.29. The monoisotopic (exact) mass is 485 g/mol. The third-order valence-corrected chi connectivity index (χ3v) is 7.32. The van der Waals surface area contributed by atoms with Crippen LogP contribution in [-0.4, -0.2) is 34.9 Å². The van der Waals surface area contributed by atoms with Gasteiger partial charge in [0.1, 0.15) is 5.00 Å². The van der Waals surface area contributed by atoms with E-state index in [1.54, 1.807) is 19.1 Å². The number of thiophene rings is 1. The molecule has 0 spiro atoms. The second-order valence-electron chi connectivity index (χ2n) is 8.69. The highest BCUT2D eigenvalue weighted by molar-refractivity contribution is 7.17. The Morgan fingerprint density at radius 3 is 2.71 bits per heavy atom. The summed E-state index contributed by atoms with van der Waals surface area (Å²) in [7, 11) is 0. The maximum Gasteiger partial charge on any atom is 0.341 e. The molecule has 0 radical (unpaired) electrons. The molecule has 0 unspecified atom stereocenters. The molecule has 3 heterocycles. The maximum absolute atomic E-state index is 13.2. The number of hydrogen-bond acceptors (Lipinski definition) is 6. The normalized spacial score (nSPS) is 13.4. The first-order chi connectivity index (χ1) is 17.0. The molecule has 1 N–H and O–H groups in total. The van der Waals surface area contributed by atoms with E-state index < -0.39 is 0 Å². The number of ether oxygens (including phenoxy) is 1. The number of anilines is 1. The second kappa shape index (κ2) is 9.98. The minimum atomic E-state index is -0.382. The Bertz CT molecular complexity index is 1400. The van der Waals surface area contributed by atoms with Gasteiger partial charge in [0.2, 0.25) is 0 Å². The minimum absolute atomic E-state index is 0.263. The molecular weight excluding hydrogens is 458 g/mol. The fraction of sp³-hybridized carbons (Fsp3) is 0.250. The number of esters is 1. The molecule has 1 amide bonds. The Hall–Kier alpha value is -3.55. The Kier molecular flexibility index (Phi) is 6.61. The summed E-state index contributed by atoms with van der Waals surface area (Å²) in [6, 6.07) is 19.8. The number of nitrogens with one attached hydrogen (secondary N) is 1. The van der Waals surface area contributed by atoms with Gasteiger partial charge < -0.3 is 10.1 Å². The molecule has 0 fully saturated rings. The van der Waals surface area contributed by atoms with Crippen molar-refractivity contribution >= 4 is 39.1 Å². The average Bonchev–Trinajstić information content (AvgIpc) is 3.21. The average molecular weight is 486 g/mol. The van der Waals surface area contributed by atoms with Crippen LogP contribution in [0.1, 0.15) is 49.3 Å². The lowest BCUT2D eigenvalue weighted by Gasteiger charge is -2.27. The first-order valence-corrected chi connectivity index (χ1v) is 12.6. The number of aryl methyl sites for hydroxylation is 1. The van der Waals surface area contributed by atoms with Crippen molar-refractivity contribution in [3.63, 3.8) is 0 Å². The van der Waals surface area contributed by atoms with Crippen molar-refractivity contribution in [3.05, 3.63) is 93.5 Å².